The van der Waals surface area contributed by atoms with Crippen LogP contribution in [0.5, 0.6) is 0 Å². The number of nitrogens with one attached hydrogen (secondary N) is 3. The van der Waals surface area contributed by atoms with Crippen molar-refractivity contribution < 1.29 is 4.79 Å². The van der Waals surface area contributed by atoms with E-state index in [9.17, 15) is 9.59 Å². The predicted molar refractivity (Wildman–Crippen MR) is 116 cm³/mol. The number of carbonyl (C=O) groups excluding carboxylic acids is 1. The predicted octanol–water partition coefficient (Wildman–Crippen LogP) is 3.75. The van der Waals surface area contributed by atoms with E-state index in [4.69, 9.17) is 0 Å². The summed E-state index contributed by atoms with van der Waals surface area (Å²) in [5.41, 5.74) is 3.27. The quantitative estimate of drug-likeness (QED) is 0.474. The van der Waals surface area contributed by atoms with Crippen LogP contribution in [0.25, 0.3) is 22.4 Å². The maximum absolute atomic E-state index is 13.0. The zero-order valence-electron chi connectivity index (χ0n) is 17.1. The van der Waals surface area contributed by atoms with E-state index in [1.165, 1.54) is 6.07 Å². The zero-order valence-corrected chi connectivity index (χ0v) is 17.1. The molecular formula is C23H23N5O2. The van der Waals surface area contributed by atoms with E-state index in [1.807, 2.05) is 51.1 Å². The molecule has 30 heavy (non-hydrogen) atoms. The molecule has 1 unspecified atom stereocenters. The van der Waals surface area contributed by atoms with E-state index in [0.717, 1.165) is 16.5 Å². The molecule has 0 spiro atoms. The van der Waals surface area contributed by atoms with Crippen molar-refractivity contribution in [3.05, 3.63) is 82.0 Å². The third kappa shape index (κ3) is 4.00. The van der Waals surface area contributed by atoms with Gasteiger partial charge in [0.05, 0.1) is 11.7 Å². The Hall–Kier alpha value is -3.74. The lowest BCUT2D eigenvalue weighted by Crippen LogP contribution is -2.33. The first-order valence-corrected chi connectivity index (χ1v) is 9.83. The summed E-state index contributed by atoms with van der Waals surface area (Å²) in [4.78, 5) is 40.0. The van der Waals surface area contributed by atoms with Crippen LogP contribution < -0.4 is 10.9 Å². The summed E-state index contributed by atoms with van der Waals surface area (Å²) in [6.07, 6.45) is 1.64. The lowest BCUT2D eigenvalue weighted by atomic mass is 10.00. The topological polar surface area (TPSA) is 104 Å². The first-order chi connectivity index (χ1) is 14.4. The molecule has 4 rings (SSSR count). The number of hydrogen-bond acceptors (Lipinski definition) is 4. The first-order valence-electron chi connectivity index (χ1n) is 9.83. The molecule has 0 aliphatic carbocycles. The molecule has 4 aromatic rings. The van der Waals surface area contributed by atoms with Gasteiger partial charge in [0, 0.05) is 23.2 Å². The summed E-state index contributed by atoms with van der Waals surface area (Å²) in [5.74, 6) is 0.148. The van der Waals surface area contributed by atoms with Crippen molar-refractivity contribution in [1.82, 2.24) is 25.3 Å². The molecule has 3 heterocycles. The first kappa shape index (κ1) is 19.6. The number of benzene rings is 1. The summed E-state index contributed by atoms with van der Waals surface area (Å²) in [6, 6.07) is 14.2. The monoisotopic (exact) mass is 401 g/mol. The highest BCUT2D eigenvalue weighted by molar-refractivity contribution is 5.98. The van der Waals surface area contributed by atoms with Gasteiger partial charge in [0.2, 0.25) is 0 Å². The van der Waals surface area contributed by atoms with Crippen molar-refractivity contribution in [2.24, 2.45) is 5.92 Å². The van der Waals surface area contributed by atoms with Crippen LogP contribution in [0.15, 0.2) is 59.5 Å². The molecule has 0 aliphatic rings. The summed E-state index contributed by atoms with van der Waals surface area (Å²) >= 11 is 0. The zero-order chi connectivity index (χ0) is 21.3. The van der Waals surface area contributed by atoms with Crippen LogP contribution in [0, 0.1) is 12.8 Å². The molecule has 7 nitrogen and oxygen atoms in total. The standard InChI is InChI=1S/C23H23N5O2/c1-13(2)21(18-12-20(29)27-22(26-18)16-6-4-5-9-24-16)28-23(30)19-11-15-8-7-14(3)10-17(15)25-19/h4-13,21,25H,1-3H3,(H,28,30)(H,26,27,29). The molecule has 0 radical (unpaired) electrons. The number of carbonyl (C=O) groups is 1. The van der Waals surface area contributed by atoms with Crippen LogP contribution in [-0.4, -0.2) is 25.8 Å². The number of aromatic amines is 2. The highest BCUT2D eigenvalue weighted by Crippen LogP contribution is 2.22. The summed E-state index contributed by atoms with van der Waals surface area (Å²) in [7, 11) is 0. The lowest BCUT2D eigenvalue weighted by Gasteiger charge is -2.22. The van der Waals surface area contributed by atoms with E-state index < -0.39 is 6.04 Å². The Kier molecular flexibility index (Phi) is 5.18. The third-order valence-corrected chi connectivity index (χ3v) is 4.96. The van der Waals surface area contributed by atoms with Gasteiger partial charge in [-0.15, -0.1) is 0 Å². The van der Waals surface area contributed by atoms with E-state index in [2.05, 4.69) is 25.3 Å². The van der Waals surface area contributed by atoms with E-state index in [-0.39, 0.29) is 17.4 Å². The second-order valence-corrected chi connectivity index (χ2v) is 7.70. The largest absolute Gasteiger partial charge is 0.351 e. The molecule has 152 valence electrons. The Balaban J connectivity index is 1.66. The average Bonchev–Trinajstić information content (AvgIpc) is 3.15. The van der Waals surface area contributed by atoms with Crippen LogP contribution in [0.2, 0.25) is 0 Å². The Morgan fingerprint density at radius 3 is 2.63 bits per heavy atom. The summed E-state index contributed by atoms with van der Waals surface area (Å²) < 4.78 is 0. The van der Waals surface area contributed by atoms with Gasteiger partial charge in [0.25, 0.3) is 11.5 Å². The van der Waals surface area contributed by atoms with E-state index in [0.29, 0.717) is 22.9 Å². The Bertz CT molecular complexity index is 1260. The molecular weight excluding hydrogens is 378 g/mol. The number of hydrogen-bond donors (Lipinski definition) is 3. The van der Waals surface area contributed by atoms with Crippen LogP contribution in [0.3, 0.4) is 0 Å². The van der Waals surface area contributed by atoms with Crippen LogP contribution in [0.4, 0.5) is 0 Å². The van der Waals surface area contributed by atoms with Gasteiger partial charge in [0.1, 0.15) is 11.4 Å². The smallest absolute Gasteiger partial charge is 0.268 e. The molecule has 1 aromatic carbocycles. The maximum atomic E-state index is 13.0. The number of amides is 1. The number of rotatable bonds is 5. The Morgan fingerprint density at radius 2 is 1.90 bits per heavy atom. The minimum absolute atomic E-state index is 0.0199. The number of aryl methyl sites for hydroxylation is 1. The van der Waals surface area contributed by atoms with Crippen molar-refractivity contribution in [2.45, 2.75) is 26.8 Å². The van der Waals surface area contributed by atoms with Gasteiger partial charge in [0.15, 0.2) is 5.82 Å². The molecule has 0 fully saturated rings. The molecule has 3 aromatic heterocycles. The number of H-pyrrole nitrogens is 2. The minimum Gasteiger partial charge on any atom is -0.351 e. The average molecular weight is 401 g/mol. The van der Waals surface area contributed by atoms with Gasteiger partial charge in [-0.05, 0) is 42.7 Å². The van der Waals surface area contributed by atoms with Crippen molar-refractivity contribution in [1.29, 1.82) is 0 Å². The lowest BCUT2D eigenvalue weighted by molar-refractivity contribution is 0.0920. The number of nitrogens with zero attached hydrogens (tertiary/aromatic N) is 2. The van der Waals surface area contributed by atoms with Gasteiger partial charge in [-0.2, -0.15) is 0 Å². The molecule has 3 N–H and O–H groups in total. The number of aromatic nitrogens is 4. The molecule has 7 heteroatoms. The fourth-order valence-electron chi connectivity index (χ4n) is 3.42. The van der Waals surface area contributed by atoms with Crippen LogP contribution in [0.1, 0.15) is 41.6 Å². The van der Waals surface area contributed by atoms with Gasteiger partial charge in [-0.25, -0.2) is 4.98 Å². The van der Waals surface area contributed by atoms with Crippen molar-refractivity contribution in [2.75, 3.05) is 0 Å². The summed E-state index contributed by atoms with van der Waals surface area (Å²) in [6.45, 7) is 5.96. The molecule has 1 atom stereocenters. The van der Waals surface area contributed by atoms with E-state index in [1.54, 1.807) is 18.3 Å². The SMILES string of the molecule is Cc1ccc2cc(C(=O)NC(c3cc(=O)[nH]c(-c4ccccn4)n3)C(C)C)[nH]c2c1. The van der Waals surface area contributed by atoms with E-state index >= 15 is 0 Å². The Morgan fingerprint density at radius 1 is 1.07 bits per heavy atom. The van der Waals surface area contributed by atoms with Crippen molar-refractivity contribution >= 4 is 16.8 Å². The number of pyridine rings is 1. The second-order valence-electron chi connectivity index (χ2n) is 7.70. The van der Waals surface area contributed by atoms with Crippen molar-refractivity contribution in [3.8, 4) is 11.5 Å². The van der Waals surface area contributed by atoms with Crippen LogP contribution >= 0.6 is 0 Å². The third-order valence-electron chi connectivity index (χ3n) is 4.96. The molecule has 0 bridgehead atoms. The van der Waals surface area contributed by atoms with Gasteiger partial charge >= 0.3 is 0 Å². The van der Waals surface area contributed by atoms with Gasteiger partial charge < -0.3 is 15.3 Å². The minimum atomic E-state index is -0.435. The molecule has 0 saturated carbocycles. The highest BCUT2D eigenvalue weighted by Gasteiger charge is 2.23. The molecule has 0 aliphatic heterocycles. The highest BCUT2D eigenvalue weighted by atomic mass is 16.2. The molecule has 1 amide bonds. The second kappa shape index (κ2) is 7.94. The Labute approximate surface area is 173 Å². The van der Waals surface area contributed by atoms with Gasteiger partial charge in [-0.1, -0.05) is 32.0 Å². The summed E-state index contributed by atoms with van der Waals surface area (Å²) in [5, 5.41) is 4.00. The molecule has 0 saturated heterocycles. The maximum Gasteiger partial charge on any atom is 0.268 e. The van der Waals surface area contributed by atoms with Gasteiger partial charge in [-0.3, -0.25) is 14.6 Å². The normalized spacial score (nSPS) is 12.3. The fourth-order valence-corrected chi connectivity index (χ4v) is 3.42. The fraction of sp³-hybridized carbons (Fsp3) is 0.217. The van der Waals surface area contributed by atoms with Crippen LogP contribution in [-0.2, 0) is 0 Å². The number of fused-ring (bicyclic) bond motifs is 1. The van der Waals surface area contributed by atoms with Crippen molar-refractivity contribution in [3.63, 3.8) is 0 Å².